The molecule has 0 bridgehead atoms. The normalized spacial score (nSPS) is 10.4. The third-order valence-corrected chi connectivity index (χ3v) is 2.48. The molecule has 0 atom stereocenters. The van der Waals surface area contributed by atoms with Crippen LogP contribution in [-0.4, -0.2) is 11.4 Å². The van der Waals surface area contributed by atoms with Crippen molar-refractivity contribution in [1.82, 2.24) is 0 Å². The molecule has 0 saturated heterocycles. The molecule has 0 spiro atoms. The molecule has 82 valence electrons. The maximum absolute atomic E-state index is 10.5. The highest BCUT2D eigenvalue weighted by Gasteiger charge is 2.09. The number of aliphatic hydroxyl groups excluding tert-OH is 1. The van der Waals surface area contributed by atoms with Crippen LogP contribution in [0.15, 0.2) is 34.7 Å². The van der Waals surface area contributed by atoms with Crippen LogP contribution in [0.4, 0.5) is 0 Å². The van der Waals surface area contributed by atoms with Crippen LogP contribution in [0, 0.1) is 0 Å². The first kappa shape index (κ1) is 10.9. The van der Waals surface area contributed by atoms with E-state index < -0.39 is 0 Å². The summed E-state index contributed by atoms with van der Waals surface area (Å²) in [7, 11) is 0. The number of hydrogen-bond acceptors (Lipinski definition) is 3. The quantitative estimate of drug-likeness (QED) is 0.834. The summed E-state index contributed by atoms with van der Waals surface area (Å²) in [6.07, 6.45) is 0.637. The first-order chi connectivity index (χ1) is 7.74. The average molecular weight is 237 g/mol. The molecule has 1 aromatic heterocycles. The van der Waals surface area contributed by atoms with Crippen molar-refractivity contribution in [3.05, 3.63) is 46.7 Å². The van der Waals surface area contributed by atoms with E-state index in [0.29, 0.717) is 22.6 Å². The summed E-state index contributed by atoms with van der Waals surface area (Å²) in [4.78, 5) is 10.5. The molecule has 4 heteroatoms. The summed E-state index contributed by atoms with van der Waals surface area (Å²) in [6.45, 7) is -0.132. The lowest BCUT2D eigenvalue weighted by atomic mass is 10.1. The Kier molecular flexibility index (Phi) is 3.08. The molecule has 0 saturated carbocycles. The van der Waals surface area contributed by atoms with E-state index in [1.165, 1.54) is 0 Å². The van der Waals surface area contributed by atoms with Gasteiger partial charge in [-0.25, -0.2) is 0 Å². The van der Waals surface area contributed by atoms with Gasteiger partial charge < -0.3 is 9.52 Å². The number of benzene rings is 1. The zero-order valence-electron chi connectivity index (χ0n) is 8.31. The van der Waals surface area contributed by atoms with E-state index in [0.717, 1.165) is 5.56 Å². The molecular weight excluding hydrogens is 228 g/mol. The van der Waals surface area contributed by atoms with Gasteiger partial charge in [0.25, 0.3) is 0 Å². The molecule has 0 fully saturated rings. The summed E-state index contributed by atoms with van der Waals surface area (Å²) < 4.78 is 5.28. The van der Waals surface area contributed by atoms with Crippen molar-refractivity contribution < 1.29 is 14.3 Å². The molecule has 1 aromatic carbocycles. The third-order valence-electron chi connectivity index (χ3n) is 2.25. The van der Waals surface area contributed by atoms with Crippen molar-refractivity contribution in [3.8, 4) is 11.3 Å². The molecule has 0 aliphatic heterocycles. The van der Waals surface area contributed by atoms with Gasteiger partial charge in [0, 0.05) is 10.6 Å². The van der Waals surface area contributed by atoms with E-state index in [2.05, 4.69) is 0 Å². The van der Waals surface area contributed by atoms with E-state index in [4.69, 9.17) is 16.0 Å². The van der Waals surface area contributed by atoms with E-state index in [1.54, 1.807) is 30.3 Å². The topological polar surface area (TPSA) is 50.4 Å². The van der Waals surface area contributed by atoms with E-state index in [9.17, 15) is 9.90 Å². The van der Waals surface area contributed by atoms with E-state index in [-0.39, 0.29) is 12.4 Å². The van der Waals surface area contributed by atoms with Gasteiger partial charge in [-0.05, 0) is 35.9 Å². The highest BCUT2D eigenvalue weighted by molar-refractivity contribution is 6.30. The standard InChI is InChI=1S/C12H9ClO3/c13-9-1-3-11(8(5-9)6-14)12-4-2-10(7-15)16-12/h1-5,7,14H,6H2. The number of hydrogen-bond donors (Lipinski definition) is 1. The van der Waals surface area contributed by atoms with Crippen molar-refractivity contribution in [2.75, 3.05) is 0 Å². The van der Waals surface area contributed by atoms with Gasteiger partial charge in [-0.3, -0.25) is 4.79 Å². The van der Waals surface area contributed by atoms with Crippen LogP contribution in [0.5, 0.6) is 0 Å². The monoisotopic (exact) mass is 236 g/mol. The van der Waals surface area contributed by atoms with Gasteiger partial charge in [-0.1, -0.05) is 11.6 Å². The Hall–Kier alpha value is -1.58. The molecule has 1 N–H and O–H groups in total. The minimum Gasteiger partial charge on any atom is -0.453 e. The fourth-order valence-corrected chi connectivity index (χ4v) is 1.69. The van der Waals surface area contributed by atoms with Crippen LogP contribution in [0.3, 0.4) is 0 Å². The van der Waals surface area contributed by atoms with Gasteiger partial charge in [0.15, 0.2) is 12.0 Å². The molecule has 0 radical (unpaired) electrons. The minimum atomic E-state index is -0.132. The van der Waals surface area contributed by atoms with Crippen molar-refractivity contribution in [2.45, 2.75) is 6.61 Å². The Morgan fingerprint density at radius 2 is 2.12 bits per heavy atom. The Bertz CT molecular complexity index is 517. The number of aldehydes is 1. The predicted molar refractivity (Wildman–Crippen MR) is 60.5 cm³/mol. The smallest absolute Gasteiger partial charge is 0.185 e. The second-order valence-corrected chi connectivity index (χ2v) is 3.72. The Morgan fingerprint density at radius 1 is 1.31 bits per heavy atom. The van der Waals surface area contributed by atoms with Gasteiger partial charge in [0.2, 0.25) is 0 Å². The fourth-order valence-electron chi connectivity index (χ4n) is 1.49. The number of halogens is 1. The van der Waals surface area contributed by atoms with Crippen molar-refractivity contribution in [2.24, 2.45) is 0 Å². The van der Waals surface area contributed by atoms with Crippen LogP contribution in [0.2, 0.25) is 5.02 Å². The van der Waals surface area contributed by atoms with E-state index in [1.807, 2.05) is 0 Å². The van der Waals surface area contributed by atoms with Gasteiger partial charge >= 0.3 is 0 Å². The number of rotatable bonds is 3. The number of aliphatic hydroxyl groups is 1. The van der Waals surface area contributed by atoms with Crippen LogP contribution in [-0.2, 0) is 6.61 Å². The maximum Gasteiger partial charge on any atom is 0.185 e. The lowest BCUT2D eigenvalue weighted by molar-refractivity contribution is 0.110. The zero-order chi connectivity index (χ0) is 11.5. The first-order valence-corrected chi connectivity index (χ1v) is 5.07. The van der Waals surface area contributed by atoms with Crippen LogP contribution >= 0.6 is 11.6 Å². The molecule has 2 aromatic rings. The Morgan fingerprint density at radius 3 is 2.75 bits per heavy atom. The van der Waals surface area contributed by atoms with Crippen molar-refractivity contribution in [1.29, 1.82) is 0 Å². The molecule has 0 aliphatic rings. The summed E-state index contributed by atoms with van der Waals surface area (Å²) in [5.74, 6) is 0.802. The molecular formula is C12H9ClO3. The van der Waals surface area contributed by atoms with Crippen molar-refractivity contribution in [3.63, 3.8) is 0 Å². The average Bonchev–Trinajstić information content (AvgIpc) is 2.77. The second kappa shape index (κ2) is 4.51. The predicted octanol–water partition coefficient (Wildman–Crippen LogP) is 2.90. The number of carbonyl (C=O) groups is 1. The lowest BCUT2D eigenvalue weighted by Crippen LogP contribution is -1.88. The van der Waals surface area contributed by atoms with Crippen LogP contribution < -0.4 is 0 Å². The number of carbonyl (C=O) groups excluding carboxylic acids is 1. The Balaban J connectivity index is 2.50. The second-order valence-electron chi connectivity index (χ2n) is 3.28. The molecule has 1 heterocycles. The third kappa shape index (κ3) is 2.01. The highest BCUT2D eigenvalue weighted by atomic mass is 35.5. The maximum atomic E-state index is 10.5. The van der Waals surface area contributed by atoms with Gasteiger partial charge in [0.05, 0.1) is 6.61 Å². The first-order valence-electron chi connectivity index (χ1n) is 4.69. The minimum absolute atomic E-state index is 0.132. The molecule has 3 nitrogen and oxygen atoms in total. The SMILES string of the molecule is O=Cc1ccc(-c2ccc(Cl)cc2CO)o1. The summed E-state index contributed by atoms with van der Waals surface area (Å²) in [5, 5.41) is 9.75. The summed E-state index contributed by atoms with van der Waals surface area (Å²) in [5.41, 5.74) is 1.40. The van der Waals surface area contributed by atoms with E-state index >= 15 is 0 Å². The van der Waals surface area contributed by atoms with Crippen LogP contribution in [0.1, 0.15) is 16.1 Å². The number of furan rings is 1. The molecule has 16 heavy (non-hydrogen) atoms. The molecule has 2 rings (SSSR count). The fraction of sp³-hybridized carbons (Fsp3) is 0.0833. The molecule has 0 amide bonds. The van der Waals surface area contributed by atoms with Gasteiger partial charge in [-0.15, -0.1) is 0 Å². The zero-order valence-corrected chi connectivity index (χ0v) is 9.07. The van der Waals surface area contributed by atoms with Gasteiger partial charge in [-0.2, -0.15) is 0 Å². The van der Waals surface area contributed by atoms with Gasteiger partial charge in [0.1, 0.15) is 5.76 Å². The molecule has 0 aliphatic carbocycles. The van der Waals surface area contributed by atoms with Crippen LogP contribution in [0.25, 0.3) is 11.3 Å². The van der Waals surface area contributed by atoms with Crippen molar-refractivity contribution >= 4 is 17.9 Å². The molecule has 0 unspecified atom stereocenters. The Labute approximate surface area is 97.3 Å². The summed E-state index contributed by atoms with van der Waals surface area (Å²) in [6, 6.07) is 8.39. The highest BCUT2D eigenvalue weighted by Crippen LogP contribution is 2.27. The lowest BCUT2D eigenvalue weighted by Gasteiger charge is -2.04. The summed E-state index contributed by atoms with van der Waals surface area (Å²) >= 11 is 5.82. The largest absolute Gasteiger partial charge is 0.453 e.